The molecule has 0 spiro atoms. The second kappa shape index (κ2) is 6.20. The zero-order valence-electron chi connectivity index (χ0n) is 14.8. The number of hydrogen-bond acceptors (Lipinski definition) is 0. The van der Waals surface area contributed by atoms with Crippen LogP contribution in [0.25, 0.3) is 11.1 Å². The molecule has 0 amide bonds. The Morgan fingerprint density at radius 2 is 1.22 bits per heavy atom. The van der Waals surface area contributed by atoms with Gasteiger partial charge in [0.25, 0.3) is 0 Å². The molecule has 1 fully saturated rings. The summed E-state index contributed by atoms with van der Waals surface area (Å²) in [4.78, 5) is 1.75. The van der Waals surface area contributed by atoms with E-state index in [2.05, 4.69) is 86.9 Å². The third-order valence-corrected chi connectivity index (χ3v) is 15.4. The molecule has 1 saturated heterocycles. The fourth-order valence-corrected chi connectivity index (χ4v) is 16.0. The average Bonchev–Trinajstić information content (AvgIpc) is 2.52. The van der Waals surface area contributed by atoms with Crippen molar-refractivity contribution in [3.8, 4) is 11.1 Å². The van der Waals surface area contributed by atoms with Gasteiger partial charge < -0.3 is 0 Å². The third-order valence-electron chi connectivity index (χ3n) is 5.22. The zero-order valence-corrected chi connectivity index (χ0v) is 16.8. The lowest BCUT2D eigenvalue weighted by atomic mass is 10.0. The number of benzene rings is 2. The van der Waals surface area contributed by atoms with Gasteiger partial charge in [-0.2, -0.15) is 0 Å². The summed E-state index contributed by atoms with van der Waals surface area (Å²) in [5.74, 6) is 0. The summed E-state index contributed by atoms with van der Waals surface area (Å²) in [6.07, 6.45) is 5.32. The summed E-state index contributed by atoms with van der Waals surface area (Å²) < 4.78 is 0. The summed E-state index contributed by atoms with van der Waals surface area (Å²) in [6.45, 7) is 10.2. The van der Waals surface area contributed by atoms with Gasteiger partial charge in [0.05, 0.1) is 28.3 Å². The Morgan fingerprint density at radius 1 is 0.696 bits per heavy atom. The molecule has 118 valence electrons. The topological polar surface area (TPSA) is 0 Å². The van der Waals surface area contributed by atoms with Crippen LogP contribution in [-0.4, -0.2) is 16.1 Å². The Kier molecular flexibility index (Phi) is 4.42. The Hall–Kier alpha value is -1.48. The second-order valence-electron chi connectivity index (χ2n) is 8.06. The van der Waals surface area contributed by atoms with E-state index in [-0.39, 0.29) is 0 Å². The third kappa shape index (κ3) is 3.55. The summed E-state index contributed by atoms with van der Waals surface area (Å²) in [5.41, 5.74) is 3.84. The van der Waals surface area contributed by atoms with Gasteiger partial charge in [0.1, 0.15) is 0 Å². The number of hydrogen-bond donors (Lipinski definition) is 0. The van der Waals surface area contributed by atoms with E-state index in [1.165, 1.54) is 35.2 Å². The molecule has 23 heavy (non-hydrogen) atoms. The van der Waals surface area contributed by atoms with Crippen molar-refractivity contribution in [3.05, 3.63) is 71.1 Å². The lowest BCUT2D eigenvalue weighted by molar-refractivity contribution is 0.996. The van der Waals surface area contributed by atoms with Crippen LogP contribution in [0, 0.1) is 6.08 Å². The van der Waals surface area contributed by atoms with E-state index in [0.717, 1.165) is 0 Å². The minimum atomic E-state index is -1.25. The lowest BCUT2D eigenvalue weighted by Crippen LogP contribution is -2.48. The lowest BCUT2D eigenvalue weighted by Gasteiger charge is -2.38. The molecule has 0 nitrogen and oxygen atoms in total. The summed E-state index contributed by atoms with van der Waals surface area (Å²) >= 11 is 0. The first-order chi connectivity index (χ1) is 10.9. The predicted molar refractivity (Wildman–Crippen MR) is 107 cm³/mol. The average molecular weight is 336 g/mol. The van der Waals surface area contributed by atoms with Gasteiger partial charge in [-0.25, -0.2) is 0 Å². The molecule has 0 aromatic heterocycles. The fourth-order valence-electron chi connectivity index (χ4n) is 4.00. The molecular weight excluding hydrogens is 308 g/mol. The summed E-state index contributed by atoms with van der Waals surface area (Å²) in [7, 11) is -2.50. The Morgan fingerprint density at radius 3 is 1.78 bits per heavy atom. The maximum atomic E-state index is 3.88. The van der Waals surface area contributed by atoms with Gasteiger partial charge in [-0.3, -0.25) is 0 Å². The molecule has 0 saturated carbocycles. The van der Waals surface area contributed by atoms with Crippen molar-refractivity contribution in [2.45, 2.75) is 44.7 Å². The second-order valence-corrected chi connectivity index (χ2v) is 18.1. The molecule has 3 rings (SSSR count). The van der Waals surface area contributed by atoms with Crippen molar-refractivity contribution < 1.29 is 0 Å². The van der Waals surface area contributed by atoms with Crippen molar-refractivity contribution in [3.63, 3.8) is 0 Å². The summed E-state index contributed by atoms with van der Waals surface area (Å²) in [6, 6.07) is 22.5. The number of rotatable bonds is 2. The highest BCUT2D eigenvalue weighted by Crippen LogP contribution is 2.39. The first-order valence-corrected chi connectivity index (χ1v) is 15.1. The molecule has 2 aromatic carbocycles. The van der Waals surface area contributed by atoms with Gasteiger partial charge in [-0.05, 0) is 5.56 Å². The van der Waals surface area contributed by atoms with E-state index in [1.807, 2.05) is 0 Å². The van der Waals surface area contributed by atoms with Crippen molar-refractivity contribution in [1.29, 1.82) is 0 Å². The van der Waals surface area contributed by atoms with Gasteiger partial charge in [0, 0.05) is 28.6 Å². The zero-order chi connectivity index (χ0) is 16.5. The Balaban J connectivity index is 1.93. The Labute approximate surface area is 143 Å². The van der Waals surface area contributed by atoms with E-state index in [9.17, 15) is 0 Å². The predicted octanol–water partition coefficient (Wildman–Crippen LogP) is 6.33. The molecule has 2 heteroatoms. The van der Waals surface area contributed by atoms with Crippen molar-refractivity contribution >= 4 is 16.1 Å². The SMILES string of the molecule is C[Si]1(C)CCC[Si](C)(C)C1=[C+]c1ccc(-c2ccccc2)cc1. The van der Waals surface area contributed by atoms with E-state index in [4.69, 9.17) is 0 Å². The smallest absolute Gasteiger partial charge is 0.0644 e. The Bertz CT molecular complexity index is 676. The molecule has 0 N–H and O–H groups in total. The van der Waals surface area contributed by atoms with Gasteiger partial charge in [0.2, 0.25) is 0 Å². The van der Waals surface area contributed by atoms with Crippen molar-refractivity contribution in [1.82, 2.24) is 0 Å². The maximum absolute atomic E-state index is 3.88. The highest BCUT2D eigenvalue weighted by molar-refractivity contribution is 7.06. The largest absolute Gasteiger partial charge is 0.187 e. The molecule has 0 radical (unpaired) electrons. The molecule has 1 heterocycles. The monoisotopic (exact) mass is 335 g/mol. The van der Waals surface area contributed by atoms with E-state index >= 15 is 0 Å². The van der Waals surface area contributed by atoms with Gasteiger partial charge in [-0.15, -0.1) is 0 Å². The van der Waals surface area contributed by atoms with Crippen LogP contribution in [0.15, 0.2) is 59.4 Å². The van der Waals surface area contributed by atoms with Crippen LogP contribution >= 0.6 is 0 Å². The first-order valence-electron chi connectivity index (χ1n) is 8.69. The highest BCUT2D eigenvalue weighted by Gasteiger charge is 2.44. The minimum Gasteiger partial charge on any atom is -0.0644 e. The van der Waals surface area contributed by atoms with Crippen molar-refractivity contribution in [2.75, 3.05) is 0 Å². The van der Waals surface area contributed by atoms with Crippen molar-refractivity contribution in [2.24, 2.45) is 0 Å². The minimum absolute atomic E-state index is 1.25. The molecule has 0 aliphatic carbocycles. The van der Waals surface area contributed by atoms with Crippen LogP contribution in [0.2, 0.25) is 38.3 Å². The van der Waals surface area contributed by atoms with Crippen LogP contribution in [0.5, 0.6) is 0 Å². The van der Waals surface area contributed by atoms with E-state index < -0.39 is 16.1 Å². The highest BCUT2D eigenvalue weighted by atomic mass is 28.4. The molecule has 0 bridgehead atoms. The van der Waals surface area contributed by atoms with Gasteiger partial charge in [0.15, 0.2) is 5.56 Å². The molecule has 1 aliphatic rings. The molecule has 0 unspecified atom stereocenters. The standard InChI is InChI=1S/C21H27Si2/c1-22(2)15-8-16-23(3,4)21(22)17-18-11-13-20(14-12-18)19-9-6-5-7-10-19/h5-7,9-14H,8,15-16H2,1-4H3/q+1. The van der Waals surface area contributed by atoms with Gasteiger partial charge >= 0.3 is 0 Å². The fraction of sp³-hybridized carbons (Fsp3) is 0.333. The maximum Gasteiger partial charge on any atom is 0.187 e. The normalized spacial score (nSPS) is 19.2. The first kappa shape index (κ1) is 16.4. The van der Waals surface area contributed by atoms with Crippen LogP contribution in [-0.2, 0) is 0 Å². The van der Waals surface area contributed by atoms with Crippen LogP contribution in [0.3, 0.4) is 0 Å². The van der Waals surface area contributed by atoms with E-state index in [0.29, 0.717) is 0 Å². The van der Waals surface area contributed by atoms with E-state index in [1.54, 1.807) is 4.82 Å². The van der Waals surface area contributed by atoms with Gasteiger partial charge in [-0.1, -0.05) is 75.0 Å². The molecule has 1 aliphatic heterocycles. The molecular formula is C21H27Si2+. The molecule has 0 atom stereocenters. The van der Waals surface area contributed by atoms with Crippen LogP contribution < -0.4 is 0 Å². The van der Waals surface area contributed by atoms with Crippen LogP contribution in [0.4, 0.5) is 0 Å². The van der Waals surface area contributed by atoms with Crippen LogP contribution in [0.1, 0.15) is 12.0 Å². The quantitative estimate of drug-likeness (QED) is 0.444. The summed E-state index contributed by atoms with van der Waals surface area (Å²) in [5, 5.41) is 0. The molecule has 2 aromatic rings.